The number of thiophene rings is 1. The quantitative estimate of drug-likeness (QED) is 0.434. The molecule has 3 fully saturated rings. The van der Waals surface area contributed by atoms with Crippen molar-refractivity contribution in [2.45, 2.75) is 38.1 Å². The molecule has 0 amide bonds. The smallest absolute Gasteiger partial charge is 0.261 e. The Bertz CT molecular complexity index is 1390. The van der Waals surface area contributed by atoms with Crippen LogP contribution in [0.15, 0.2) is 35.6 Å². The molecule has 34 heavy (non-hydrogen) atoms. The molecule has 2 N–H and O–H groups in total. The maximum absolute atomic E-state index is 12.9. The van der Waals surface area contributed by atoms with Crippen molar-refractivity contribution in [3.8, 4) is 10.4 Å². The van der Waals surface area contributed by atoms with E-state index in [0.29, 0.717) is 17.9 Å². The zero-order chi connectivity index (χ0) is 21.9. The van der Waals surface area contributed by atoms with Crippen molar-refractivity contribution in [2.75, 3.05) is 31.1 Å². The van der Waals surface area contributed by atoms with E-state index in [1.165, 1.54) is 43.9 Å². The predicted octanol–water partition coefficient (Wildman–Crippen LogP) is 4.58. The Labute approximate surface area is 208 Å². The number of hydrogen-bond donors (Lipinski definition) is 2. The monoisotopic (exact) mass is 496 g/mol. The fourth-order valence-electron chi connectivity index (χ4n) is 6.23. The average Bonchev–Trinajstić information content (AvgIpc) is 3.60. The fraction of sp³-hybridized carbons (Fsp3) is 0.480. The number of halogens is 1. The van der Waals surface area contributed by atoms with E-state index in [0.717, 1.165) is 58.0 Å². The van der Waals surface area contributed by atoms with Gasteiger partial charge in [0.25, 0.3) is 5.56 Å². The van der Waals surface area contributed by atoms with Gasteiger partial charge in [-0.15, -0.1) is 23.7 Å². The molecular weight excluding hydrogens is 468 g/mol. The number of nitrogens with zero attached hydrogens (tertiary/aromatic N) is 4. The van der Waals surface area contributed by atoms with Crippen molar-refractivity contribution in [1.82, 2.24) is 24.8 Å². The lowest BCUT2D eigenvalue weighted by Crippen LogP contribution is -2.25. The molecule has 2 aliphatic heterocycles. The highest BCUT2D eigenvalue weighted by molar-refractivity contribution is 7.21. The maximum atomic E-state index is 12.9. The lowest BCUT2D eigenvalue weighted by atomic mass is 9.95. The van der Waals surface area contributed by atoms with Crippen molar-refractivity contribution in [3.05, 3.63) is 41.2 Å². The van der Waals surface area contributed by atoms with Crippen LogP contribution in [0, 0.1) is 11.8 Å². The Morgan fingerprint density at radius 3 is 2.62 bits per heavy atom. The number of benzene rings is 1. The second-order valence-electron chi connectivity index (χ2n) is 9.92. The van der Waals surface area contributed by atoms with Crippen molar-refractivity contribution >= 4 is 50.7 Å². The molecule has 9 heteroatoms. The highest BCUT2D eigenvalue weighted by atomic mass is 35.5. The molecule has 178 valence electrons. The van der Waals surface area contributed by atoms with Crippen LogP contribution in [0.4, 0.5) is 5.00 Å². The van der Waals surface area contributed by atoms with Crippen LogP contribution >= 0.6 is 23.7 Å². The van der Waals surface area contributed by atoms with Crippen LogP contribution in [-0.4, -0.2) is 45.7 Å². The van der Waals surface area contributed by atoms with Gasteiger partial charge in [0, 0.05) is 32.2 Å². The standard InChI is InChI=1S/C25H28N6OS.ClH/c32-24-21-22(27-13-28-24)23(33-25(21)30-11-16-9-26-10-17(16)12-30)15-6-7-20-19(8-15)29-14-31(20)18-4-2-1-3-5-18;/h6-8,13-14,16-18,26H,1-5,9-12H2,(H,27,28,32);1H. The zero-order valence-electron chi connectivity index (χ0n) is 19.0. The average molecular weight is 497 g/mol. The molecule has 2 unspecified atom stereocenters. The van der Waals surface area contributed by atoms with Crippen molar-refractivity contribution in [1.29, 1.82) is 0 Å². The normalized spacial score (nSPS) is 23.0. The van der Waals surface area contributed by atoms with E-state index in [9.17, 15) is 4.79 Å². The third-order valence-corrected chi connectivity index (χ3v) is 9.25. The molecule has 0 radical (unpaired) electrons. The van der Waals surface area contributed by atoms with Crippen LogP contribution in [0.3, 0.4) is 0 Å². The summed E-state index contributed by atoms with van der Waals surface area (Å²) in [5.74, 6) is 1.34. The number of fused-ring (bicyclic) bond motifs is 3. The van der Waals surface area contributed by atoms with Crippen molar-refractivity contribution < 1.29 is 0 Å². The Balaban J connectivity index is 0.00000217. The lowest BCUT2D eigenvalue weighted by molar-refractivity contribution is 0.359. The van der Waals surface area contributed by atoms with Gasteiger partial charge >= 0.3 is 0 Å². The van der Waals surface area contributed by atoms with Gasteiger partial charge in [-0.05, 0) is 42.4 Å². The van der Waals surface area contributed by atoms with Crippen LogP contribution in [0.25, 0.3) is 32.4 Å². The molecule has 7 nitrogen and oxygen atoms in total. The van der Waals surface area contributed by atoms with Gasteiger partial charge in [-0.3, -0.25) is 4.79 Å². The summed E-state index contributed by atoms with van der Waals surface area (Å²) in [6.45, 7) is 4.16. The summed E-state index contributed by atoms with van der Waals surface area (Å²) >= 11 is 1.71. The van der Waals surface area contributed by atoms with Gasteiger partial charge in [0.2, 0.25) is 0 Å². The van der Waals surface area contributed by atoms with Gasteiger partial charge in [-0.25, -0.2) is 9.97 Å². The maximum Gasteiger partial charge on any atom is 0.261 e. The van der Waals surface area contributed by atoms with Gasteiger partial charge < -0.3 is 19.8 Å². The van der Waals surface area contributed by atoms with Crippen LogP contribution in [0.1, 0.15) is 38.1 Å². The molecule has 3 aromatic heterocycles. The minimum atomic E-state index is -0.0460. The molecule has 0 bridgehead atoms. The third kappa shape index (κ3) is 3.46. The number of nitrogens with one attached hydrogen (secondary N) is 2. The van der Waals surface area contributed by atoms with E-state index >= 15 is 0 Å². The van der Waals surface area contributed by atoms with E-state index in [-0.39, 0.29) is 18.0 Å². The topological polar surface area (TPSA) is 78.8 Å². The van der Waals surface area contributed by atoms with E-state index in [2.05, 4.69) is 43.0 Å². The summed E-state index contributed by atoms with van der Waals surface area (Å²) in [7, 11) is 0. The van der Waals surface area contributed by atoms with Crippen LogP contribution < -0.4 is 15.8 Å². The number of aromatic nitrogens is 4. The minimum absolute atomic E-state index is 0. The summed E-state index contributed by atoms with van der Waals surface area (Å²) in [4.78, 5) is 28.6. The second-order valence-corrected chi connectivity index (χ2v) is 10.9. The number of hydrogen-bond acceptors (Lipinski definition) is 6. The van der Waals surface area contributed by atoms with E-state index < -0.39 is 0 Å². The number of aromatic amines is 1. The Hall–Kier alpha value is -2.42. The number of H-pyrrole nitrogens is 1. The van der Waals surface area contributed by atoms with Crippen LogP contribution in [0.2, 0.25) is 0 Å². The fourth-order valence-corrected chi connectivity index (χ4v) is 7.49. The summed E-state index contributed by atoms with van der Waals surface area (Å²) in [6.07, 6.45) is 9.99. The predicted molar refractivity (Wildman–Crippen MR) is 140 cm³/mol. The van der Waals surface area contributed by atoms with Crippen LogP contribution in [-0.2, 0) is 0 Å². The van der Waals surface area contributed by atoms with E-state index in [1.807, 2.05) is 6.33 Å². The Morgan fingerprint density at radius 2 is 1.82 bits per heavy atom. The number of rotatable bonds is 3. The van der Waals surface area contributed by atoms with Gasteiger partial charge in [0.1, 0.15) is 10.4 Å². The molecule has 4 aromatic rings. The second kappa shape index (κ2) is 8.66. The minimum Gasteiger partial charge on any atom is -0.362 e. The summed E-state index contributed by atoms with van der Waals surface area (Å²) in [5, 5.41) is 5.31. The largest absolute Gasteiger partial charge is 0.362 e. The lowest BCUT2D eigenvalue weighted by Gasteiger charge is -2.23. The highest BCUT2D eigenvalue weighted by Crippen LogP contribution is 2.44. The first-order valence-corrected chi connectivity index (χ1v) is 13.0. The molecular formula is C25H29ClN6OS. The Morgan fingerprint density at radius 1 is 1.03 bits per heavy atom. The molecule has 5 heterocycles. The molecule has 3 aliphatic rings. The third-order valence-electron chi connectivity index (χ3n) is 7.96. The van der Waals surface area contributed by atoms with Crippen molar-refractivity contribution in [3.63, 3.8) is 0 Å². The Kier molecular flexibility index (Phi) is 5.62. The molecule has 1 aromatic carbocycles. The van der Waals surface area contributed by atoms with Gasteiger partial charge in [-0.2, -0.15) is 0 Å². The molecule has 1 aliphatic carbocycles. The summed E-state index contributed by atoms with van der Waals surface area (Å²) in [5.41, 5.74) is 4.08. The molecule has 0 spiro atoms. The molecule has 7 rings (SSSR count). The van der Waals surface area contributed by atoms with Crippen LogP contribution in [0.5, 0.6) is 0 Å². The van der Waals surface area contributed by atoms with Crippen molar-refractivity contribution in [2.24, 2.45) is 11.8 Å². The first kappa shape index (κ1) is 22.1. The molecule has 1 saturated carbocycles. The zero-order valence-corrected chi connectivity index (χ0v) is 20.6. The molecule has 2 saturated heterocycles. The number of imidazole rings is 1. The highest BCUT2D eigenvalue weighted by Gasteiger charge is 2.38. The first-order valence-electron chi connectivity index (χ1n) is 12.2. The first-order chi connectivity index (χ1) is 16.3. The van der Waals surface area contributed by atoms with E-state index in [4.69, 9.17) is 4.98 Å². The summed E-state index contributed by atoms with van der Waals surface area (Å²) in [6, 6.07) is 7.13. The SMILES string of the molecule is Cl.O=c1[nH]cnc2c(-c3ccc4c(c3)ncn4C3CCCCC3)sc(N3CC4CNCC4C3)c12. The molecule has 2 atom stereocenters. The van der Waals surface area contributed by atoms with Gasteiger partial charge in [0.15, 0.2) is 0 Å². The van der Waals surface area contributed by atoms with Gasteiger partial charge in [0.05, 0.1) is 34.1 Å². The van der Waals surface area contributed by atoms with Gasteiger partial charge in [-0.1, -0.05) is 25.3 Å². The number of anilines is 1. The van der Waals surface area contributed by atoms with E-state index in [1.54, 1.807) is 11.3 Å². The summed E-state index contributed by atoms with van der Waals surface area (Å²) < 4.78 is 2.37.